The molecule has 0 bridgehead atoms. The van der Waals surface area contributed by atoms with Crippen LogP contribution in [0.3, 0.4) is 0 Å². The number of halogens is 2. The van der Waals surface area contributed by atoms with Crippen molar-refractivity contribution in [3.05, 3.63) is 63.4 Å². The van der Waals surface area contributed by atoms with Crippen LogP contribution in [0.15, 0.2) is 35.1 Å². The second-order valence-corrected chi connectivity index (χ2v) is 8.56. The number of carbonyl (C=O) groups excluding carboxylic acids is 2. The van der Waals surface area contributed by atoms with E-state index in [9.17, 15) is 28.3 Å². The lowest BCUT2D eigenvalue weighted by Gasteiger charge is -2.18. The van der Waals surface area contributed by atoms with Crippen LogP contribution in [0.5, 0.6) is 0 Å². The first-order valence-corrected chi connectivity index (χ1v) is 10.3. The Balaban J connectivity index is 2.03. The SMILES string of the molecule is COC(=O)Cn1nc(Nc2sc(-c3c(F)cc(C(C)(C)O)cc3F)cc2C(N)=O)ccc1=O. The number of primary amides is 1. The Morgan fingerprint density at radius 3 is 2.42 bits per heavy atom. The van der Waals surface area contributed by atoms with Gasteiger partial charge in [0.05, 0.1) is 23.8 Å². The number of esters is 1. The summed E-state index contributed by atoms with van der Waals surface area (Å²) >= 11 is 0.832. The number of amides is 1. The van der Waals surface area contributed by atoms with Crippen molar-refractivity contribution < 1.29 is 28.2 Å². The molecule has 0 atom stereocenters. The van der Waals surface area contributed by atoms with Crippen LogP contribution in [0.25, 0.3) is 10.4 Å². The van der Waals surface area contributed by atoms with E-state index in [0.29, 0.717) is 0 Å². The number of nitrogens with one attached hydrogen (secondary N) is 1. The number of aromatic nitrogens is 2. The monoisotopic (exact) mass is 478 g/mol. The van der Waals surface area contributed by atoms with E-state index in [0.717, 1.165) is 41.3 Å². The molecule has 2 heterocycles. The van der Waals surface area contributed by atoms with Crippen LogP contribution in [-0.4, -0.2) is 33.9 Å². The highest BCUT2D eigenvalue weighted by Crippen LogP contribution is 2.40. The number of aliphatic hydroxyl groups is 1. The highest BCUT2D eigenvalue weighted by Gasteiger charge is 2.24. The molecule has 0 saturated carbocycles. The Bertz CT molecular complexity index is 1270. The average molecular weight is 478 g/mol. The van der Waals surface area contributed by atoms with Gasteiger partial charge in [-0.1, -0.05) is 0 Å². The van der Waals surface area contributed by atoms with Crippen LogP contribution >= 0.6 is 11.3 Å². The summed E-state index contributed by atoms with van der Waals surface area (Å²) in [7, 11) is 1.16. The van der Waals surface area contributed by atoms with Crippen molar-refractivity contribution in [2.45, 2.75) is 26.0 Å². The molecule has 4 N–H and O–H groups in total. The van der Waals surface area contributed by atoms with Crippen molar-refractivity contribution in [3.8, 4) is 10.4 Å². The molecular weight excluding hydrogens is 458 g/mol. The second kappa shape index (κ2) is 9.08. The van der Waals surface area contributed by atoms with Gasteiger partial charge in [0.2, 0.25) is 0 Å². The minimum Gasteiger partial charge on any atom is -0.468 e. The van der Waals surface area contributed by atoms with E-state index < -0.39 is 46.8 Å². The minimum absolute atomic E-state index is 0.0448. The minimum atomic E-state index is -1.46. The number of thiophene rings is 1. The molecule has 0 radical (unpaired) electrons. The number of hydrogen-bond acceptors (Lipinski definition) is 8. The molecule has 33 heavy (non-hydrogen) atoms. The Morgan fingerprint density at radius 1 is 1.24 bits per heavy atom. The maximum Gasteiger partial charge on any atom is 0.327 e. The average Bonchev–Trinajstić information content (AvgIpc) is 3.12. The number of carbonyl (C=O) groups is 2. The van der Waals surface area contributed by atoms with Gasteiger partial charge in [-0.3, -0.25) is 14.4 Å². The normalized spacial score (nSPS) is 11.3. The van der Waals surface area contributed by atoms with E-state index in [-0.39, 0.29) is 26.8 Å². The molecule has 3 rings (SSSR count). The van der Waals surface area contributed by atoms with E-state index in [1.165, 1.54) is 26.0 Å². The predicted molar refractivity (Wildman–Crippen MR) is 117 cm³/mol. The fraction of sp³-hybridized carbons (Fsp3) is 0.238. The topological polar surface area (TPSA) is 137 Å². The molecule has 12 heteroatoms. The van der Waals surface area contributed by atoms with Gasteiger partial charge in [0.15, 0.2) is 5.82 Å². The first-order chi connectivity index (χ1) is 15.4. The van der Waals surface area contributed by atoms with Crippen LogP contribution in [0.1, 0.15) is 29.8 Å². The zero-order valence-electron chi connectivity index (χ0n) is 17.8. The molecule has 0 fully saturated rings. The van der Waals surface area contributed by atoms with Gasteiger partial charge in [0, 0.05) is 10.9 Å². The van der Waals surface area contributed by atoms with Gasteiger partial charge < -0.3 is 20.9 Å². The Morgan fingerprint density at radius 2 is 1.88 bits per heavy atom. The quantitative estimate of drug-likeness (QED) is 0.444. The molecule has 1 amide bonds. The Labute approximate surface area is 190 Å². The molecule has 0 aliphatic heterocycles. The number of nitrogens with two attached hydrogens (primary N) is 1. The zero-order valence-corrected chi connectivity index (χ0v) is 18.6. The van der Waals surface area contributed by atoms with E-state index in [1.54, 1.807) is 0 Å². The van der Waals surface area contributed by atoms with Crippen molar-refractivity contribution in [3.63, 3.8) is 0 Å². The maximum absolute atomic E-state index is 14.8. The van der Waals surface area contributed by atoms with Crippen molar-refractivity contribution >= 4 is 34.0 Å². The fourth-order valence-corrected chi connectivity index (χ4v) is 4.00. The number of hydrogen-bond donors (Lipinski definition) is 3. The zero-order chi connectivity index (χ0) is 24.5. The molecule has 9 nitrogen and oxygen atoms in total. The Hall–Kier alpha value is -3.64. The third kappa shape index (κ3) is 5.23. The van der Waals surface area contributed by atoms with E-state index in [1.807, 2.05) is 0 Å². The van der Waals surface area contributed by atoms with Crippen molar-refractivity contribution in [1.82, 2.24) is 9.78 Å². The molecule has 0 spiro atoms. The van der Waals surface area contributed by atoms with Crippen LogP contribution in [-0.2, 0) is 21.7 Å². The lowest BCUT2D eigenvalue weighted by atomic mass is 9.96. The summed E-state index contributed by atoms with van der Waals surface area (Å²) in [5.74, 6) is -3.34. The van der Waals surface area contributed by atoms with Gasteiger partial charge in [-0.05, 0) is 43.7 Å². The van der Waals surface area contributed by atoms with Gasteiger partial charge in [-0.15, -0.1) is 11.3 Å². The van der Waals surface area contributed by atoms with Gasteiger partial charge in [0.1, 0.15) is 23.2 Å². The van der Waals surface area contributed by atoms with Gasteiger partial charge in [-0.2, -0.15) is 5.10 Å². The molecular formula is C21H20F2N4O5S. The third-order valence-corrected chi connectivity index (χ3v) is 5.68. The van der Waals surface area contributed by atoms with E-state index >= 15 is 0 Å². The first-order valence-electron chi connectivity index (χ1n) is 9.48. The van der Waals surface area contributed by atoms with Crippen LogP contribution < -0.4 is 16.6 Å². The van der Waals surface area contributed by atoms with E-state index in [2.05, 4.69) is 15.2 Å². The molecule has 174 valence electrons. The maximum atomic E-state index is 14.8. The second-order valence-electron chi connectivity index (χ2n) is 7.51. The molecule has 3 aromatic rings. The Kier molecular flexibility index (Phi) is 6.60. The highest BCUT2D eigenvalue weighted by molar-refractivity contribution is 7.20. The standard InChI is InChI=1S/C21H20F2N4O5S/c1-21(2,31)10-6-12(22)18(13(23)7-10)14-8-11(19(24)30)20(33-14)25-15-4-5-16(28)27(26-15)9-17(29)32-3/h4-8,31H,9H2,1-3H3,(H2,24,30)(H,25,26). The molecule has 0 saturated heterocycles. The lowest BCUT2D eigenvalue weighted by Crippen LogP contribution is -2.27. The summed E-state index contributed by atoms with van der Waals surface area (Å²) in [5, 5.41) is 16.9. The molecule has 0 unspecified atom stereocenters. The van der Waals surface area contributed by atoms with Gasteiger partial charge in [0.25, 0.3) is 11.5 Å². The van der Waals surface area contributed by atoms with Crippen LogP contribution in [0.2, 0.25) is 0 Å². The third-order valence-electron chi connectivity index (χ3n) is 4.61. The lowest BCUT2D eigenvalue weighted by molar-refractivity contribution is -0.141. The number of benzene rings is 1. The number of rotatable bonds is 7. The molecule has 2 aromatic heterocycles. The largest absolute Gasteiger partial charge is 0.468 e. The van der Waals surface area contributed by atoms with Crippen molar-refractivity contribution in [1.29, 1.82) is 0 Å². The van der Waals surface area contributed by atoms with Crippen molar-refractivity contribution in [2.24, 2.45) is 5.73 Å². The summed E-state index contributed by atoms with van der Waals surface area (Å²) in [5.41, 5.74) is 2.99. The smallest absolute Gasteiger partial charge is 0.327 e. The first kappa shape index (κ1) is 24.0. The molecule has 0 aliphatic rings. The summed E-state index contributed by atoms with van der Waals surface area (Å²) < 4.78 is 34.9. The summed E-state index contributed by atoms with van der Waals surface area (Å²) in [6.45, 7) is 2.35. The molecule has 1 aromatic carbocycles. The fourth-order valence-electron chi connectivity index (χ4n) is 2.88. The van der Waals surface area contributed by atoms with E-state index in [4.69, 9.17) is 5.73 Å². The van der Waals surface area contributed by atoms with Gasteiger partial charge >= 0.3 is 5.97 Å². The van der Waals surface area contributed by atoms with Gasteiger partial charge in [-0.25, -0.2) is 13.5 Å². The number of methoxy groups -OCH3 is 1. The summed E-state index contributed by atoms with van der Waals surface area (Å²) in [6, 6.07) is 5.70. The highest BCUT2D eigenvalue weighted by atomic mass is 32.1. The summed E-state index contributed by atoms with van der Waals surface area (Å²) in [4.78, 5) is 35.4. The summed E-state index contributed by atoms with van der Waals surface area (Å²) in [6.07, 6.45) is 0. The number of ether oxygens (including phenoxy) is 1. The molecule has 0 aliphatic carbocycles. The van der Waals surface area contributed by atoms with Crippen LogP contribution in [0, 0.1) is 11.6 Å². The van der Waals surface area contributed by atoms with Crippen molar-refractivity contribution in [2.75, 3.05) is 12.4 Å². The number of anilines is 2. The van der Waals surface area contributed by atoms with Crippen LogP contribution in [0.4, 0.5) is 19.6 Å². The number of nitrogens with zero attached hydrogens (tertiary/aromatic N) is 2. The predicted octanol–water partition coefficient (Wildman–Crippen LogP) is 2.49.